The van der Waals surface area contributed by atoms with Crippen molar-refractivity contribution in [3.63, 3.8) is 0 Å². The summed E-state index contributed by atoms with van der Waals surface area (Å²) in [5.41, 5.74) is 2.04. The third-order valence-electron chi connectivity index (χ3n) is 3.86. The van der Waals surface area contributed by atoms with Crippen molar-refractivity contribution in [1.29, 1.82) is 0 Å². The molecule has 1 heterocycles. The molecule has 0 aliphatic heterocycles. The van der Waals surface area contributed by atoms with Crippen LogP contribution in [-0.2, 0) is 6.42 Å². The van der Waals surface area contributed by atoms with Crippen molar-refractivity contribution in [2.45, 2.75) is 13.3 Å². The van der Waals surface area contributed by atoms with Crippen molar-refractivity contribution in [3.8, 4) is 0 Å². The fourth-order valence-electron chi connectivity index (χ4n) is 2.58. The highest BCUT2D eigenvalue weighted by molar-refractivity contribution is 7.09. The van der Waals surface area contributed by atoms with Gasteiger partial charge in [0.2, 0.25) is 0 Å². The van der Waals surface area contributed by atoms with E-state index in [9.17, 15) is 14.9 Å². The summed E-state index contributed by atoms with van der Waals surface area (Å²) in [6, 6.07) is 13.2. The molecule has 0 amide bonds. The van der Waals surface area contributed by atoms with E-state index < -0.39 is 4.92 Å². The summed E-state index contributed by atoms with van der Waals surface area (Å²) in [5.74, 6) is -0.238. The zero-order valence-corrected chi connectivity index (χ0v) is 15.0. The standard InChI is InChI=1S/C19H17N3O3S/c1-13-21-16(12-26-13)9-10-20-17-8-7-15(11-18(17)22(24)25)19(23)14-5-3-2-4-6-14/h2-8,11-12,20H,9-10H2,1H3. The predicted octanol–water partition coefficient (Wildman–Crippen LogP) is 4.25. The molecule has 0 aliphatic carbocycles. The van der Waals surface area contributed by atoms with Gasteiger partial charge in [0.1, 0.15) is 5.69 Å². The molecule has 0 radical (unpaired) electrons. The predicted molar refractivity (Wildman–Crippen MR) is 102 cm³/mol. The molecule has 2 aromatic carbocycles. The first-order valence-corrected chi connectivity index (χ1v) is 8.95. The van der Waals surface area contributed by atoms with Gasteiger partial charge in [-0.3, -0.25) is 14.9 Å². The average Bonchev–Trinajstić information content (AvgIpc) is 3.07. The molecule has 1 aromatic heterocycles. The van der Waals surface area contributed by atoms with Crippen LogP contribution in [0.4, 0.5) is 11.4 Å². The summed E-state index contributed by atoms with van der Waals surface area (Å²) in [5, 5.41) is 17.5. The molecule has 0 fully saturated rings. The molecule has 0 saturated heterocycles. The molecular formula is C19H17N3O3S. The lowest BCUT2D eigenvalue weighted by atomic mass is 10.0. The molecule has 132 valence electrons. The largest absolute Gasteiger partial charge is 0.379 e. The van der Waals surface area contributed by atoms with Crippen LogP contribution in [0, 0.1) is 17.0 Å². The molecule has 26 heavy (non-hydrogen) atoms. The molecule has 0 aliphatic rings. The highest BCUT2D eigenvalue weighted by atomic mass is 32.1. The number of hydrogen-bond acceptors (Lipinski definition) is 6. The molecule has 6 nitrogen and oxygen atoms in total. The van der Waals surface area contributed by atoms with Crippen molar-refractivity contribution in [3.05, 3.63) is 85.9 Å². The summed E-state index contributed by atoms with van der Waals surface area (Å²) < 4.78 is 0. The molecule has 3 rings (SSSR count). The van der Waals surface area contributed by atoms with Gasteiger partial charge in [0.25, 0.3) is 5.69 Å². The van der Waals surface area contributed by atoms with Crippen molar-refractivity contribution in [2.75, 3.05) is 11.9 Å². The quantitative estimate of drug-likeness (QED) is 0.383. The Hall–Kier alpha value is -3.06. The van der Waals surface area contributed by atoms with Gasteiger partial charge in [-0.1, -0.05) is 30.3 Å². The Morgan fingerprint density at radius 2 is 1.96 bits per heavy atom. The Bertz CT molecular complexity index is 938. The first-order valence-electron chi connectivity index (χ1n) is 8.07. The number of hydrogen-bond donors (Lipinski definition) is 1. The Kier molecular flexibility index (Phi) is 5.38. The zero-order chi connectivity index (χ0) is 18.5. The Balaban J connectivity index is 1.76. The number of aromatic nitrogens is 1. The van der Waals surface area contributed by atoms with Crippen LogP contribution in [0.1, 0.15) is 26.6 Å². The van der Waals surface area contributed by atoms with Gasteiger partial charge < -0.3 is 5.32 Å². The van der Waals surface area contributed by atoms with E-state index in [0.29, 0.717) is 29.8 Å². The van der Waals surface area contributed by atoms with E-state index in [1.165, 1.54) is 6.07 Å². The van der Waals surface area contributed by atoms with Gasteiger partial charge in [-0.15, -0.1) is 11.3 Å². The van der Waals surface area contributed by atoms with E-state index in [-0.39, 0.29) is 11.5 Å². The number of benzene rings is 2. The number of nitro benzene ring substituents is 1. The maximum Gasteiger partial charge on any atom is 0.293 e. The fraction of sp³-hybridized carbons (Fsp3) is 0.158. The number of rotatable bonds is 7. The number of nitrogens with one attached hydrogen (secondary N) is 1. The summed E-state index contributed by atoms with van der Waals surface area (Å²) >= 11 is 1.58. The zero-order valence-electron chi connectivity index (χ0n) is 14.1. The molecule has 0 saturated carbocycles. The van der Waals surface area contributed by atoms with E-state index >= 15 is 0 Å². The van der Waals surface area contributed by atoms with Crippen molar-refractivity contribution in [1.82, 2.24) is 4.98 Å². The Morgan fingerprint density at radius 1 is 1.19 bits per heavy atom. The molecular weight excluding hydrogens is 350 g/mol. The van der Waals surface area contributed by atoms with E-state index in [4.69, 9.17) is 0 Å². The van der Waals surface area contributed by atoms with Gasteiger partial charge in [-0.2, -0.15) is 0 Å². The molecule has 1 N–H and O–H groups in total. The molecule has 0 bridgehead atoms. The highest BCUT2D eigenvalue weighted by Gasteiger charge is 2.18. The summed E-state index contributed by atoms with van der Waals surface area (Å²) in [6.07, 6.45) is 0.673. The van der Waals surface area contributed by atoms with Gasteiger partial charge in [-0.25, -0.2) is 4.98 Å². The minimum absolute atomic E-state index is 0.110. The molecule has 0 atom stereocenters. The monoisotopic (exact) mass is 367 g/mol. The molecule has 3 aromatic rings. The van der Waals surface area contributed by atoms with Crippen LogP contribution in [-0.4, -0.2) is 22.2 Å². The van der Waals surface area contributed by atoms with E-state index in [1.54, 1.807) is 47.7 Å². The summed E-state index contributed by atoms with van der Waals surface area (Å²) in [4.78, 5) is 27.8. The van der Waals surface area contributed by atoms with Gasteiger partial charge >= 0.3 is 0 Å². The van der Waals surface area contributed by atoms with Crippen LogP contribution in [0.25, 0.3) is 0 Å². The number of carbonyl (C=O) groups is 1. The maximum absolute atomic E-state index is 12.5. The number of aryl methyl sites for hydroxylation is 1. The van der Waals surface area contributed by atoms with E-state index in [2.05, 4.69) is 10.3 Å². The molecule has 0 spiro atoms. The number of carbonyl (C=O) groups excluding carboxylic acids is 1. The van der Waals surface area contributed by atoms with E-state index in [0.717, 1.165) is 10.7 Å². The fourth-order valence-corrected chi connectivity index (χ4v) is 3.23. The van der Waals surface area contributed by atoms with Gasteiger partial charge in [0.15, 0.2) is 5.78 Å². The van der Waals surface area contributed by atoms with Crippen molar-refractivity contribution < 1.29 is 9.72 Å². The van der Waals surface area contributed by atoms with Crippen LogP contribution < -0.4 is 5.32 Å². The lowest BCUT2D eigenvalue weighted by Crippen LogP contribution is -2.08. The maximum atomic E-state index is 12.5. The summed E-state index contributed by atoms with van der Waals surface area (Å²) in [7, 11) is 0. The minimum Gasteiger partial charge on any atom is -0.379 e. The highest BCUT2D eigenvalue weighted by Crippen LogP contribution is 2.27. The molecule has 7 heteroatoms. The topological polar surface area (TPSA) is 85.1 Å². The Labute approximate surface area is 154 Å². The van der Waals surface area contributed by atoms with Crippen molar-refractivity contribution >= 4 is 28.5 Å². The normalized spacial score (nSPS) is 10.5. The van der Waals surface area contributed by atoms with Crippen LogP contribution >= 0.6 is 11.3 Å². The first kappa shape index (κ1) is 17.8. The first-order chi connectivity index (χ1) is 12.5. The van der Waals surface area contributed by atoms with Crippen LogP contribution in [0.3, 0.4) is 0 Å². The summed E-state index contributed by atoms with van der Waals surface area (Å²) in [6.45, 7) is 2.46. The number of ketones is 1. The van der Waals surface area contributed by atoms with Crippen LogP contribution in [0.5, 0.6) is 0 Å². The third kappa shape index (κ3) is 4.12. The number of nitro groups is 1. The lowest BCUT2D eigenvalue weighted by molar-refractivity contribution is -0.384. The van der Waals surface area contributed by atoms with Gasteiger partial charge in [-0.05, 0) is 19.1 Å². The SMILES string of the molecule is Cc1nc(CCNc2ccc(C(=O)c3ccccc3)cc2[N+](=O)[O-])cs1. The Morgan fingerprint density at radius 3 is 2.62 bits per heavy atom. The number of anilines is 1. The van der Waals surface area contributed by atoms with Gasteiger partial charge in [0.05, 0.1) is 15.6 Å². The molecule has 0 unspecified atom stereocenters. The second-order valence-corrected chi connectivity index (χ2v) is 6.78. The second-order valence-electron chi connectivity index (χ2n) is 5.72. The smallest absolute Gasteiger partial charge is 0.293 e. The second kappa shape index (κ2) is 7.88. The van der Waals surface area contributed by atoms with Gasteiger partial charge in [0, 0.05) is 35.5 Å². The number of nitrogens with zero attached hydrogens (tertiary/aromatic N) is 2. The van der Waals surface area contributed by atoms with Crippen LogP contribution in [0.15, 0.2) is 53.9 Å². The minimum atomic E-state index is -0.475. The van der Waals surface area contributed by atoms with E-state index in [1.807, 2.05) is 18.4 Å². The van der Waals surface area contributed by atoms with Crippen LogP contribution in [0.2, 0.25) is 0 Å². The lowest BCUT2D eigenvalue weighted by Gasteiger charge is -2.08. The third-order valence-corrected chi connectivity index (χ3v) is 4.68. The number of thiazole rings is 1. The van der Waals surface area contributed by atoms with Crippen molar-refractivity contribution in [2.24, 2.45) is 0 Å². The average molecular weight is 367 g/mol.